The number of ether oxygens (including phenoxy) is 1. The molecule has 0 fully saturated rings. The van der Waals surface area contributed by atoms with Gasteiger partial charge in [0.05, 0.1) is 13.0 Å². The van der Waals surface area contributed by atoms with Gasteiger partial charge in [-0.3, -0.25) is 4.79 Å². The number of carbonyl (C=O) groups is 1. The van der Waals surface area contributed by atoms with Crippen LogP contribution in [0.5, 0.6) is 0 Å². The Kier molecular flexibility index (Phi) is 6.27. The van der Waals surface area contributed by atoms with Crippen molar-refractivity contribution < 1.29 is 9.53 Å². The van der Waals surface area contributed by atoms with Crippen LogP contribution in [0.15, 0.2) is 28.7 Å². The van der Waals surface area contributed by atoms with Gasteiger partial charge >= 0.3 is 5.97 Å². The van der Waals surface area contributed by atoms with Crippen molar-refractivity contribution in [2.45, 2.75) is 32.6 Å². The first-order valence-electron chi connectivity index (χ1n) is 5.99. The summed E-state index contributed by atoms with van der Waals surface area (Å²) in [6.45, 7) is 2.09. The summed E-state index contributed by atoms with van der Waals surface area (Å²) in [6.07, 6.45) is 3.71. The predicted octanol–water partition coefficient (Wildman–Crippen LogP) is 3.97. The standard InChI is InChI=1S/C14H19BrO2/c1-3-4-12(14(16)17-2)8-5-11-6-9-13(15)10-7-11/h6-7,9-10,12H,3-5,8H2,1-2H3. The van der Waals surface area contributed by atoms with E-state index < -0.39 is 0 Å². The maximum absolute atomic E-state index is 11.5. The highest BCUT2D eigenvalue weighted by Gasteiger charge is 2.17. The van der Waals surface area contributed by atoms with Crippen molar-refractivity contribution >= 4 is 21.9 Å². The van der Waals surface area contributed by atoms with Crippen LogP contribution in [0.25, 0.3) is 0 Å². The van der Waals surface area contributed by atoms with E-state index in [0.717, 1.165) is 30.2 Å². The van der Waals surface area contributed by atoms with Gasteiger partial charge in [-0.2, -0.15) is 0 Å². The summed E-state index contributed by atoms with van der Waals surface area (Å²) in [7, 11) is 1.46. The second kappa shape index (κ2) is 7.49. The summed E-state index contributed by atoms with van der Waals surface area (Å²) in [5.41, 5.74) is 1.26. The van der Waals surface area contributed by atoms with E-state index >= 15 is 0 Å². The molecule has 0 heterocycles. The monoisotopic (exact) mass is 298 g/mol. The van der Waals surface area contributed by atoms with E-state index in [1.165, 1.54) is 12.7 Å². The van der Waals surface area contributed by atoms with E-state index in [0.29, 0.717) is 0 Å². The van der Waals surface area contributed by atoms with E-state index in [1.807, 2.05) is 12.1 Å². The number of rotatable bonds is 6. The smallest absolute Gasteiger partial charge is 0.308 e. The Morgan fingerprint density at radius 2 is 1.94 bits per heavy atom. The van der Waals surface area contributed by atoms with Crippen molar-refractivity contribution in [3.63, 3.8) is 0 Å². The van der Waals surface area contributed by atoms with E-state index in [4.69, 9.17) is 4.74 Å². The highest BCUT2D eigenvalue weighted by Crippen LogP contribution is 2.18. The quantitative estimate of drug-likeness (QED) is 0.743. The molecule has 0 saturated heterocycles. The molecule has 0 aliphatic rings. The fraction of sp³-hybridized carbons (Fsp3) is 0.500. The van der Waals surface area contributed by atoms with Gasteiger partial charge in [0.2, 0.25) is 0 Å². The van der Waals surface area contributed by atoms with E-state index in [9.17, 15) is 4.79 Å². The van der Waals surface area contributed by atoms with Crippen molar-refractivity contribution in [3.05, 3.63) is 34.3 Å². The third-order valence-electron chi connectivity index (χ3n) is 2.87. The van der Waals surface area contributed by atoms with Crippen LogP contribution in [-0.4, -0.2) is 13.1 Å². The minimum absolute atomic E-state index is 0.0358. The lowest BCUT2D eigenvalue weighted by molar-refractivity contribution is -0.145. The molecule has 1 atom stereocenters. The molecule has 0 amide bonds. The van der Waals surface area contributed by atoms with Crippen molar-refractivity contribution in [1.82, 2.24) is 0 Å². The fourth-order valence-corrected chi connectivity index (χ4v) is 2.15. The Bertz CT molecular complexity index is 346. The first-order chi connectivity index (χ1) is 8.17. The molecule has 0 aliphatic heterocycles. The lowest BCUT2D eigenvalue weighted by atomic mass is 9.95. The molecule has 0 aliphatic carbocycles. The van der Waals surface area contributed by atoms with Gasteiger partial charge in [0.1, 0.15) is 0 Å². The summed E-state index contributed by atoms with van der Waals surface area (Å²) >= 11 is 3.41. The van der Waals surface area contributed by atoms with Gasteiger partial charge in [0, 0.05) is 4.47 Å². The average Bonchev–Trinajstić information content (AvgIpc) is 2.35. The maximum atomic E-state index is 11.5. The topological polar surface area (TPSA) is 26.3 Å². The molecule has 2 nitrogen and oxygen atoms in total. The normalized spacial score (nSPS) is 12.2. The van der Waals surface area contributed by atoms with Gasteiger partial charge in [0.15, 0.2) is 0 Å². The van der Waals surface area contributed by atoms with Gasteiger partial charge in [0.25, 0.3) is 0 Å². The Morgan fingerprint density at radius 1 is 1.29 bits per heavy atom. The molecule has 1 rings (SSSR count). The Hall–Kier alpha value is -0.830. The number of hydrogen-bond acceptors (Lipinski definition) is 2. The van der Waals surface area contributed by atoms with Gasteiger partial charge in [-0.25, -0.2) is 0 Å². The second-order valence-electron chi connectivity index (χ2n) is 4.17. The molecule has 3 heteroatoms. The van der Waals surface area contributed by atoms with E-state index in [2.05, 4.69) is 35.0 Å². The Morgan fingerprint density at radius 3 is 2.47 bits per heavy atom. The molecule has 1 unspecified atom stereocenters. The lowest BCUT2D eigenvalue weighted by Crippen LogP contribution is -2.16. The molecular formula is C14H19BrO2. The molecule has 0 N–H and O–H groups in total. The van der Waals surface area contributed by atoms with Crippen LogP contribution in [0, 0.1) is 5.92 Å². The van der Waals surface area contributed by atoms with Crippen LogP contribution >= 0.6 is 15.9 Å². The SMILES string of the molecule is CCCC(CCc1ccc(Br)cc1)C(=O)OC. The highest BCUT2D eigenvalue weighted by atomic mass is 79.9. The third kappa shape index (κ3) is 4.90. The van der Waals surface area contributed by atoms with Crippen LogP contribution in [-0.2, 0) is 16.0 Å². The first-order valence-corrected chi connectivity index (χ1v) is 6.79. The Labute approximate surface area is 111 Å². The van der Waals surface area contributed by atoms with Crippen LogP contribution < -0.4 is 0 Å². The van der Waals surface area contributed by atoms with E-state index in [-0.39, 0.29) is 11.9 Å². The number of benzene rings is 1. The van der Waals surface area contributed by atoms with Gasteiger partial charge < -0.3 is 4.74 Å². The van der Waals surface area contributed by atoms with Crippen molar-refractivity contribution in [2.75, 3.05) is 7.11 Å². The first kappa shape index (κ1) is 14.2. The lowest BCUT2D eigenvalue weighted by Gasteiger charge is -2.13. The summed E-state index contributed by atoms with van der Waals surface area (Å²) in [4.78, 5) is 11.5. The predicted molar refractivity (Wildman–Crippen MR) is 72.9 cm³/mol. The minimum Gasteiger partial charge on any atom is -0.469 e. The number of aryl methyl sites for hydroxylation is 1. The second-order valence-corrected chi connectivity index (χ2v) is 5.09. The number of methoxy groups -OCH3 is 1. The molecule has 0 saturated carbocycles. The number of halogens is 1. The van der Waals surface area contributed by atoms with Crippen molar-refractivity contribution in [1.29, 1.82) is 0 Å². The number of hydrogen-bond donors (Lipinski definition) is 0. The van der Waals surface area contributed by atoms with Crippen LogP contribution in [0.3, 0.4) is 0 Å². The van der Waals surface area contributed by atoms with Gasteiger partial charge in [-0.05, 0) is 37.0 Å². The molecule has 1 aromatic carbocycles. The van der Waals surface area contributed by atoms with Crippen molar-refractivity contribution in [3.8, 4) is 0 Å². The zero-order valence-electron chi connectivity index (χ0n) is 10.4. The Balaban J connectivity index is 2.51. The molecule has 0 radical (unpaired) electrons. The number of esters is 1. The summed E-state index contributed by atoms with van der Waals surface area (Å²) in [6, 6.07) is 8.24. The summed E-state index contributed by atoms with van der Waals surface area (Å²) in [5.74, 6) is -0.0439. The molecule has 17 heavy (non-hydrogen) atoms. The molecule has 94 valence electrons. The zero-order chi connectivity index (χ0) is 12.7. The molecule has 0 aromatic heterocycles. The molecular weight excluding hydrogens is 280 g/mol. The third-order valence-corrected chi connectivity index (χ3v) is 3.40. The number of carbonyl (C=O) groups excluding carboxylic acids is 1. The largest absolute Gasteiger partial charge is 0.469 e. The summed E-state index contributed by atoms with van der Waals surface area (Å²) < 4.78 is 5.91. The van der Waals surface area contributed by atoms with Crippen LogP contribution in [0.2, 0.25) is 0 Å². The van der Waals surface area contributed by atoms with Crippen LogP contribution in [0.4, 0.5) is 0 Å². The minimum atomic E-state index is -0.0797. The fourth-order valence-electron chi connectivity index (χ4n) is 1.89. The molecule has 0 bridgehead atoms. The van der Waals surface area contributed by atoms with Gasteiger partial charge in [-0.15, -0.1) is 0 Å². The van der Waals surface area contributed by atoms with Gasteiger partial charge in [-0.1, -0.05) is 41.4 Å². The maximum Gasteiger partial charge on any atom is 0.308 e. The van der Waals surface area contributed by atoms with Crippen LogP contribution in [0.1, 0.15) is 31.7 Å². The average molecular weight is 299 g/mol. The van der Waals surface area contributed by atoms with Crippen molar-refractivity contribution in [2.24, 2.45) is 5.92 Å². The van der Waals surface area contributed by atoms with E-state index in [1.54, 1.807) is 0 Å². The highest BCUT2D eigenvalue weighted by molar-refractivity contribution is 9.10. The zero-order valence-corrected chi connectivity index (χ0v) is 12.0. The molecule has 0 spiro atoms. The summed E-state index contributed by atoms with van der Waals surface area (Å²) in [5, 5.41) is 0. The molecule has 1 aromatic rings.